The van der Waals surface area contributed by atoms with Gasteiger partial charge in [-0.2, -0.15) is 0 Å². The topological polar surface area (TPSA) is 43.4 Å². The van der Waals surface area contributed by atoms with Gasteiger partial charge in [-0.25, -0.2) is 0 Å². The summed E-state index contributed by atoms with van der Waals surface area (Å²) >= 11 is 0. The number of fused-ring (bicyclic) bond motifs is 4. The van der Waals surface area contributed by atoms with Crippen LogP contribution in [-0.2, 0) is 14.3 Å². The molecule has 3 heteroatoms. The average molecular weight is 330 g/mol. The molecular weight excluding hydrogens is 300 g/mol. The Morgan fingerprint density at radius 3 is 2.58 bits per heavy atom. The quantitative estimate of drug-likeness (QED) is 0.627. The third-order valence-electron chi connectivity index (χ3n) is 9.30. The molecule has 3 nitrogen and oxygen atoms in total. The van der Waals surface area contributed by atoms with E-state index >= 15 is 0 Å². The van der Waals surface area contributed by atoms with Crippen LogP contribution >= 0.6 is 0 Å². The lowest BCUT2D eigenvalue weighted by Crippen LogP contribution is -2.55. The van der Waals surface area contributed by atoms with Crippen molar-refractivity contribution in [2.75, 3.05) is 0 Å². The highest BCUT2D eigenvalue weighted by Crippen LogP contribution is 2.69. The molecule has 5 fully saturated rings. The highest BCUT2D eigenvalue weighted by molar-refractivity contribution is 5.81. The molecule has 1 aliphatic heterocycles. The largest absolute Gasteiger partial charge is 0.462 e. The minimum atomic E-state index is -0.145. The molecule has 0 radical (unpaired) electrons. The van der Waals surface area contributed by atoms with Crippen molar-refractivity contribution in [1.29, 1.82) is 0 Å². The highest BCUT2D eigenvalue weighted by Gasteiger charge is 2.68. The molecule has 0 aromatic heterocycles. The fraction of sp³-hybridized carbons (Fsp3) is 0.905. The monoisotopic (exact) mass is 330 g/mol. The van der Waals surface area contributed by atoms with Crippen LogP contribution in [0.3, 0.4) is 0 Å². The van der Waals surface area contributed by atoms with E-state index in [0.717, 1.165) is 31.6 Å². The van der Waals surface area contributed by atoms with Gasteiger partial charge in [0.2, 0.25) is 0 Å². The van der Waals surface area contributed by atoms with Crippen molar-refractivity contribution in [2.45, 2.75) is 77.7 Å². The first-order valence-electron chi connectivity index (χ1n) is 10.2. The summed E-state index contributed by atoms with van der Waals surface area (Å²) < 4.78 is 5.73. The van der Waals surface area contributed by atoms with E-state index in [9.17, 15) is 9.59 Å². The molecule has 0 unspecified atom stereocenters. The third-order valence-corrected chi connectivity index (χ3v) is 9.30. The second kappa shape index (κ2) is 4.86. The standard InChI is InChI=1S/C21H30O3/c1-12-16-5-6-18-15-4-3-13-11-14(22)7-9-20(13,2)17(15)8-10-21(16,18)19(23)24-12/h12-13,15-18H,3-11H2,1-2H3/t12-,13+,15-,16-,17+,18+,20+,21+/m1/s1. The zero-order valence-corrected chi connectivity index (χ0v) is 15.1. The van der Waals surface area contributed by atoms with Crippen molar-refractivity contribution in [3.63, 3.8) is 0 Å². The number of hydrogen-bond donors (Lipinski definition) is 0. The van der Waals surface area contributed by atoms with Crippen molar-refractivity contribution in [3.05, 3.63) is 0 Å². The second-order valence-corrected chi connectivity index (χ2v) is 9.77. The fourth-order valence-corrected chi connectivity index (χ4v) is 8.18. The molecule has 0 bridgehead atoms. The minimum absolute atomic E-state index is 0.123. The highest BCUT2D eigenvalue weighted by atomic mass is 16.6. The number of Topliss-reactive ketones (excluding diaryl/α,β-unsaturated/α-hetero) is 1. The Hall–Kier alpha value is -0.860. The third kappa shape index (κ3) is 1.69. The van der Waals surface area contributed by atoms with Gasteiger partial charge in [0.15, 0.2) is 0 Å². The Bertz CT molecular complexity index is 598. The maximum atomic E-state index is 12.8. The van der Waals surface area contributed by atoms with Crippen LogP contribution in [0.15, 0.2) is 0 Å². The number of cyclic esters (lactones) is 1. The molecule has 5 aliphatic rings. The first-order chi connectivity index (χ1) is 11.5. The molecule has 132 valence electrons. The molecular formula is C21H30O3. The smallest absolute Gasteiger partial charge is 0.313 e. The summed E-state index contributed by atoms with van der Waals surface area (Å²) in [5, 5.41) is 0. The molecule has 1 saturated heterocycles. The van der Waals surface area contributed by atoms with E-state index in [0.29, 0.717) is 34.9 Å². The number of ketones is 1. The van der Waals surface area contributed by atoms with Gasteiger partial charge in [-0.3, -0.25) is 9.59 Å². The Labute approximate surface area is 144 Å². The zero-order valence-electron chi connectivity index (χ0n) is 15.1. The lowest BCUT2D eigenvalue weighted by molar-refractivity contribution is -0.162. The Balaban J connectivity index is 1.49. The van der Waals surface area contributed by atoms with Gasteiger partial charge in [0.05, 0.1) is 5.41 Å². The average Bonchev–Trinajstić information content (AvgIpc) is 3.05. The Kier molecular flexibility index (Phi) is 3.12. The van der Waals surface area contributed by atoms with E-state index in [2.05, 4.69) is 13.8 Å². The van der Waals surface area contributed by atoms with Crippen molar-refractivity contribution >= 4 is 11.8 Å². The van der Waals surface area contributed by atoms with E-state index in [-0.39, 0.29) is 17.5 Å². The number of hydrogen-bond acceptors (Lipinski definition) is 3. The molecule has 1 spiro atoms. The van der Waals surface area contributed by atoms with Crippen LogP contribution in [0.4, 0.5) is 0 Å². The fourth-order valence-electron chi connectivity index (χ4n) is 8.18. The molecule has 8 atom stereocenters. The molecule has 0 N–H and O–H groups in total. The first kappa shape index (κ1) is 15.4. The maximum Gasteiger partial charge on any atom is 0.313 e. The molecule has 1 heterocycles. The summed E-state index contributed by atoms with van der Waals surface area (Å²) in [6.07, 6.45) is 9.88. The van der Waals surface area contributed by atoms with E-state index in [1.807, 2.05) is 0 Å². The summed E-state index contributed by atoms with van der Waals surface area (Å²) in [6.45, 7) is 4.58. The summed E-state index contributed by atoms with van der Waals surface area (Å²) in [6, 6.07) is 0. The molecule has 0 aromatic carbocycles. The summed E-state index contributed by atoms with van der Waals surface area (Å²) in [5.41, 5.74) is 0.193. The van der Waals surface area contributed by atoms with Crippen LogP contribution in [0, 0.1) is 40.4 Å². The number of carbonyl (C=O) groups is 2. The van der Waals surface area contributed by atoms with Gasteiger partial charge < -0.3 is 4.74 Å². The predicted molar refractivity (Wildman–Crippen MR) is 90.1 cm³/mol. The molecule has 5 rings (SSSR count). The molecule has 24 heavy (non-hydrogen) atoms. The van der Waals surface area contributed by atoms with E-state index in [4.69, 9.17) is 4.74 Å². The van der Waals surface area contributed by atoms with Crippen LogP contribution < -0.4 is 0 Å². The van der Waals surface area contributed by atoms with Crippen LogP contribution in [0.2, 0.25) is 0 Å². The van der Waals surface area contributed by atoms with Gasteiger partial charge in [0, 0.05) is 18.8 Å². The van der Waals surface area contributed by atoms with Crippen LogP contribution in [0.25, 0.3) is 0 Å². The maximum absolute atomic E-state index is 12.8. The summed E-state index contributed by atoms with van der Waals surface area (Å²) in [5.74, 6) is 3.65. The lowest BCUT2D eigenvalue weighted by atomic mass is 9.44. The lowest BCUT2D eigenvalue weighted by Gasteiger charge is -2.59. The normalized spacial score (nSPS) is 56.1. The SMILES string of the molecule is C[C@H]1OC(=O)[C@]23CC[C@H]4[C@@H](CC[C@H]5CC(=O)CC[C@@]54C)[C@@H]2CC[C@H]13. The van der Waals surface area contributed by atoms with Crippen molar-refractivity contribution in [2.24, 2.45) is 40.4 Å². The van der Waals surface area contributed by atoms with Gasteiger partial charge in [0.25, 0.3) is 0 Å². The molecule has 0 aromatic rings. The molecule has 0 amide bonds. The molecule has 4 saturated carbocycles. The number of carbonyl (C=O) groups excluding carboxylic acids is 2. The number of esters is 1. The van der Waals surface area contributed by atoms with Gasteiger partial charge in [-0.15, -0.1) is 0 Å². The van der Waals surface area contributed by atoms with E-state index in [1.54, 1.807) is 0 Å². The minimum Gasteiger partial charge on any atom is -0.462 e. The van der Waals surface area contributed by atoms with Crippen molar-refractivity contribution < 1.29 is 14.3 Å². The van der Waals surface area contributed by atoms with Gasteiger partial charge >= 0.3 is 5.97 Å². The van der Waals surface area contributed by atoms with E-state index in [1.165, 1.54) is 32.1 Å². The van der Waals surface area contributed by atoms with Crippen LogP contribution in [-0.4, -0.2) is 17.9 Å². The van der Waals surface area contributed by atoms with Crippen molar-refractivity contribution in [3.8, 4) is 0 Å². The van der Waals surface area contributed by atoms with Crippen LogP contribution in [0.1, 0.15) is 71.6 Å². The Morgan fingerprint density at radius 1 is 0.958 bits per heavy atom. The second-order valence-electron chi connectivity index (χ2n) is 9.77. The van der Waals surface area contributed by atoms with Crippen LogP contribution in [0.5, 0.6) is 0 Å². The summed E-state index contributed by atoms with van der Waals surface area (Å²) in [4.78, 5) is 24.8. The molecule has 4 aliphatic carbocycles. The number of ether oxygens (including phenoxy) is 1. The zero-order chi connectivity index (χ0) is 16.7. The first-order valence-corrected chi connectivity index (χ1v) is 10.2. The van der Waals surface area contributed by atoms with Crippen molar-refractivity contribution in [1.82, 2.24) is 0 Å². The summed E-state index contributed by atoms with van der Waals surface area (Å²) in [7, 11) is 0. The Morgan fingerprint density at radius 2 is 1.75 bits per heavy atom. The number of rotatable bonds is 0. The van der Waals surface area contributed by atoms with Gasteiger partial charge in [-0.05, 0) is 81.0 Å². The van der Waals surface area contributed by atoms with Gasteiger partial charge in [0.1, 0.15) is 11.9 Å². The van der Waals surface area contributed by atoms with Gasteiger partial charge in [-0.1, -0.05) is 6.92 Å². The predicted octanol–water partition coefficient (Wildman–Crippen LogP) is 4.14. The van der Waals surface area contributed by atoms with E-state index < -0.39 is 0 Å².